The van der Waals surface area contributed by atoms with Crippen LogP contribution in [0.5, 0.6) is 0 Å². The van der Waals surface area contributed by atoms with Gasteiger partial charge in [-0.05, 0) is 43.0 Å². The minimum atomic E-state index is -0.351. The van der Waals surface area contributed by atoms with Gasteiger partial charge in [0.25, 0.3) is 0 Å². The number of amides is 1. The summed E-state index contributed by atoms with van der Waals surface area (Å²) in [5.74, 6) is 0.0223. The number of carbonyl (C=O) groups excluding carboxylic acids is 1. The molecule has 1 aliphatic rings. The van der Waals surface area contributed by atoms with Crippen molar-refractivity contribution in [2.75, 3.05) is 5.32 Å². The fourth-order valence-corrected chi connectivity index (χ4v) is 4.81. The van der Waals surface area contributed by atoms with Crippen LogP contribution in [0.25, 0.3) is 0 Å². The Morgan fingerprint density at radius 1 is 1.18 bits per heavy atom. The maximum Gasteiger partial charge on any atom is 0.238 e. The highest BCUT2D eigenvalue weighted by Gasteiger charge is 2.30. The molecule has 2 N–H and O–H groups in total. The van der Waals surface area contributed by atoms with Gasteiger partial charge in [0, 0.05) is 16.8 Å². The van der Waals surface area contributed by atoms with Crippen LogP contribution in [0.1, 0.15) is 29.2 Å². The van der Waals surface area contributed by atoms with Gasteiger partial charge in [-0.1, -0.05) is 71.1 Å². The zero-order chi connectivity index (χ0) is 19.5. The predicted octanol–water partition coefficient (Wildman–Crippen LogP) is 5.36. The molecule has 1 fully saturated rings. The molecular weight excluding hydrogens is 412 g/mol. The molecule has 0 radical (unpaired) electrons. The maximum atomic E-state index is 12.8. The smallest absolute Gasteiger partial charge is 0.238 e. The lowest BCUT2D eigenvalue weighted by molar-refractivity contribution is -0.120. The molecule has 5 nitrogen and oxygen atoms in total. The summed E-state index contributed by atoms with van der Waals surface area (Å²) in [6.45, 7) is 1.95. The molecule has 1 atom stereocenters. The largest absolute Gasteiger partial charge is 0.352 e. The van der Waals surface area contributed by atoms with Crippen LogP contribution in [0.2, 0.25) is 5.02 Å². The average Bonchev–Trinajstić information content (AvgIpc) is 3.40. The maximum absolute atomic E-state index is 12.8. The van der Waals surface area contributed by atoms with E-state index in [4.69, 9.17) is 11.6 Å². The summed E-state index contributed by atoms with van der Waals surface area (Å²) < 4.78 is 0.738. The SMILES string of the molecule is Cc1c(Cl)cccc1Nc1nnc(SC(C(=O)NC2CC2)c2ccccc2)s1. The van der Waals surface area contributed by atoms with Crippen LogP contribution in [0.4, 0.5) is 10.8 Å². The van der Waals surface area contributed by atoms with Gasteiger partial charge in [-0.3, -0.25) is 4.79 Å². The Morgan fingerprint density at radius 2 is 1.96 bits per heavy atom. The minimum Gasteiger partial charge on any atom is -0.352 e. The first-order chi connectivity index (χ1) is 13.6. The van der Waals surface area contributed by atoms with E-state index < -0.39 is 0 Å². The van der Waals surface area contributed by atoms with Gasteiger partial charge in [-0.15, -0.1) is 10.2 Å². The fourth-order valence-electron chi connectivity index (χ4n) is 2.67. The summed E-state index contributed by atoms with van der Waals surface area (Å²) in [7, 11) is 0. The molecule has 8 heteroatoms. The lowest BCUT2D eigenvalue weighted by atomic mass is 10.1. The van der Waals surface area contributed by atoms with Crippen LogP contribution in [-0.4, -0.2) is 22.1 Å². The van der Waals surface area contributed by atoms with E-state index in [1.807, 2.05) is 55.5 Å². The van der Waals surface area contributed by atoms with Crippen molar-refractivity contribution >= 4 is 51.4 Å². The molecule has 3 aromatic rings. The molecular formula is C20H19ClN4OS2. The molecule has 1 aromatic heterocycles. The molecule has 1 heterocycles. The van der Waals surface area contributed by atoms with Crippen molar-refractivity contribution in [1.82, 2.24) is 15.5 Å². The van der Waals surface area contributed by atoms with Crippen LogP contribution in [0.3, 0.4) is 0 Å². The third-order valence-electron chi connectivity index (χ3n) is 4.40. The number of benzene rings is 2. The highest BCUT2D eigenvalue weighted by Crippen LogP contribution is 2.39. The second-order valence-corrected chi connectivity index (χ2v) is 9.34. The Kier molecular flexibility index (Phi) is 5.85. The molecule has 0 bridgehead atoms. The van der Waals surface area contributed by atoms with Gasteiger partial charge < -0.3 is 10.6 Å². The third kappa shape index (κ3) is 4.66. The molecule has 0 aliphatic heterocycles. The Morgan fingerprint density at radius 3 is 2.71 bits per heavy atom. The molecule has 1 amide bonds. The third-order valence-corrected chi connectivity index (χ3v) is 6.99. The Balaban J connectivity index is 1.51. The number of anilines is 2. The van der Waals surface area contributed by atoms with E-state index in [0.29, 0.717) is 16.2 Å². The van der Waals surface area contributed by atoms with Crippen molar-refractivity contribution in [3.63, 3.8) is 0 Å². The van der Waals surface area contributed by atoms with Crippen LogP contribution < -0.4 is 10.6 Å². The number of thioether (sulfide) groups is 1. The Hall–Kier alpha value is -2.09. The molecule has 0 saturated heterocycles. The summed E-state index contributed by atoms with van der Waals surface area (Å²) in [6, 6.07) is 15.8. The molecule has 2 aromatic carbocycles. The predicted molar refractivity (Wildman–Crippen MR) is 116 cm³/mol. The fraction of sp³-hybridized carbons (Fsp3) is 0.250. The van der Waals surface area contributed by atoms with Crippen LogP contribution in [-0.2, 0) is 4.79 Å². The first-order valence-electron chi connectivity index (χ1n) is 8.98. The molecule has 1 saturated carbocycles. The van der Waals surface area contributed by atoms with Crippen molar-refractivity contribution in [1.29, 1.82) is 0 Å². The summed E-state index contributed by atoms with van der Waals surface area (Å²) in [5, 5.41) is 15.9. The molecule has 4 rings (SSSR count). The van der Waals surface area contributed by atoms with Crippen molar-refractivity contribution < 1.29 is 4.79 Å². The highest BCUT2D eigenvalue weighted by atomic mass is 35.5. The topological polar surface area (TPSA) is 66.9 Å². The number of halogens is 1. The Labute approximate surface area is 176 Å². The number of carbonyl (C=O) groups is 1. The van der Waals surface area contributed by atoms with Gasteiger partial charge in [0.15, 0.2) is 4.34 Å². The highest BCUT2D eigenvalue weighted by molar-refractivity contribution is 8.01. The lowest BCUT2D eigenvalue weighted by Crippen LogP contribution is -2.29. The zero-order valence-electron chi connectivity index (χ0n) is 15.2. The summed E-state index contributed by atoms with van der Waals surface area (Å²) >= 11 is 9.03. The first-order valence-corrected chi connectivity index (χ1v) is 11.0. The van der Waals surface area contributed by atoms with Gasteiger partial charge in [-0.25, -0.2) is 0 Å². The van der Waals surface area contributed by atoms with Crippen LogP contribution in [0, 0.1) is 6.92 Å². The number of hydrogen-bond donors (Lipinski definition) is 2. The molecule has 1 unspecified atom stereocenters. The summed E-state index contributed by atoms with van der Waals surface area (Å²) in [5.41, 5.74) is 2.81. The zero-order valence-corrected chi connectivity index (χ0v) is 17.6. The van der Waals surface area contributed by atoms with Gasteiger partial charge in [-0.2, -0.15) is 0 Å². The van der Waals surface area contributed by atoms with Crippen molar-refractivity contribution in [2.45, 2.75) is 35.4 Å². The van der Waals surface area contributed by atoms with Gasteiger partial charge in [0.05, 0.1) is 0 Å². The number of nitrogens with zero attached hydrogens (tertiary/aromatic N) is 2. The number of hydrogen-bond acceptors (Lipinski definition) is 6. The number of aromatic nitrogens is 2. The number of rotatable bonds is 7. The van der Waals surface area contributed by atoms with Crippen molar-refractivity contribution in [3.05, 3.63) is 64.7 Å². The second-order valence-electron chi connectivity index (χ2n) is 6.60. The summed E-state index contributed by atoms with van der Waals surface area (Å²) in [6.07, 6.45) is 2.12. The standard InChI is InChI=1S/C20H19ClN4OS2/c1-12-15(21)8-5-9-16(12)23-19-24-25-20(28-19)27-17(13-6-3-2-4-7-13)18(26)22-14-10-11-14/h2-9,14,17H,10-11H2,1H3,(H,22,26)(H,23,24). The van der Waals surface area contributed by atoms with Crippen LogP contribution in [0.15, 0.2) is 52.9 Å². The Bertz CT molecular complexity index is 975. The number of nitrogens with one attached hydrogen (secondary N) is 2. The van der Waals surface area contributed by atoms with E-state index >= 15 is 0 Å². The van der Waals surface area contributed by atoms with Gasteiger partial charge in [0.1, 0.15) is 5.25 Å². The van der Waals surface area contributed by atoms with E-state index in [0.717, 1.165) is 34.0 Å². The molecule has 1 aliphatic carbocycles. The molecule has 28 heavy (non-hydrogen) atoms. The average molecular weight is 431 g/mol. The van der Waals surface area contributed by atoms with E-state index in [-0.39, 0.29) is 11.2 Å². The van der Waals surface area contributed by atoms with E-state index in [9.17, 15) is 4.79 Å². The lowest BCUT2D eigenvalue weighted by Gasteiger charge is -2.15. The van der Waals surface area contributed by atoms with E-state index in [1.54, 1.807) is 0 Å². The monoisotopic (exact) mass is 430 g/mol. The molecule has 0 spiro atoms. The van der Waals surface area contributed by atoms with E-state index in [2.05, 4.69) is 20.8 Å². The van der Waals surface area contributed by atoms with Gasteiger partial charge >= 0.3 is 0 Å². The minimum absolute atomic E-state index is 0.0223. The van der Waals surface area contributed by atoms with Crippen molar-refractivity contribution in [3.8, 4) is 0 Å². The van der Waals surface area contributed by atoms with Gasteiger partial charge in [0.2, 0.25) is 11.0 Å². The van der Waals surface area contributed by atoms with Crippen molar-refractivity contribution in [2.24, 2.45) is 0 Å². The quantitative estimate of drug-likeness (QED) is 0.494. The summed E-state index contributed by atoms with van der Waals surface area (Å²) in [4.78, 5) is 12.8. The first kappa shape index (κ1) is 19.2. The molecule has 144 valence electrons. The van der Waals surface area contributed by atoms with Crippen LogP contribution >= 0.6 is 34.7 Å². The second kappa shape index (κ2) is 8.51. The van der Waals surface area contributed by atoms with E-state index in [1.165, 1.54) is 23.1 Å². The normalized spacial score (nSPS) is 14.5.